The van der Waals surface area contributed by atoms with Gasteiger partial charge in [0.15, 0.2) is 6.23 Å². The molecule has 0 aromatic heterocycles. The Morgan fingerprint density at radius 1 is 1.28 bits per heavy atom. The number of esters is 1. The molecule has 5 nitrogen and oxygen atoms in total. The molecule has 1 aliphatic carbocycles. The normalized spacial score (nSPS) is 28.0. The van der Waals surface area contributed by atoms with Crippen LogP contribution in [0.5, 0.6) is 0 Å². The van der Waals surface area contributed by atoms with Crippen molar-refractivity contribution in [3.8, 4) is 0 Å². The third-order valence-electron chi connectivity index (χ3n) is 5.44. The Labute approximate surface area is 171 Å². The van der Waals surface area contributed by atoms with Gasteiger partial charge in [-0.25, -0.2) is 18.4 Å². The van der Waals surface area contributed by atoms with Gasteiger partial charge in [-0.2, -0.15) is 0 Å². The van der Waals surface area contributed by atoms with Gasteiger partial charge in [-0.3, -0.25) is 4.90 Å². The SMILES string of the molecule is [2H][C@]1(CC2CCC(F)(F)CC2)C(=O)O[C@@H](C(C)(C)C)N1C(=O)OCc1ccccc1. The summed E-state index contributed by atoms with van der Waals surface area (Å²) in [5.41, 5.74) is 0.124. The monoisotopic (exact) mass is 410 g/mol. The van der Waals surface area contributed by atoms with Crippen LogP contribution in [0, 0.1) is 11.3 Å². The van der Waals surface area contributed by atoms with Gasteiger partial charge in [-0.15, -0.1) is 0 Å². The van der Waals surface area contributed by atoms with Crippen LogP contribution in [0.1, 0.15) is 59.8 Å². The van der Waals surface area contributed by atoms with Crippen molar-refractivity contribution in [1.29, 1.82) is 0 Å². The van der Waals surface area contributed by atoms with Gasteiger partial charge in [-0.05, 0) is 30.7 Å². The summed E-state index contributed by atoms with van der Waals surface area (Å²) in [5.74, 6) is -3.81. The average molecular weight is 410 g/mol. The lowest BCUT2D eigenvalue weighted by Crippen LogP contribution is -2.48. The number of hydrogen-bond donors (Lipinski definition) is 0. The minimum atomic E-state index is -2.70. The number of alkyl halides is 2. The minimum absolute atomic E-state index is 0.00699. The Bertz CT molecular complexity index is 773. The molecule has 1 saturated carbocycles. The lowest BCUT2D eigenvalue weighted by Gasteiger charge is -2.35. The molecule has 0 spiro atoms. The van der Waals surface area contributed by atoms with Crippen LogP contribution >= 0.6 is 0 Å². The molecular weight excluding hydrogens is 380 g/mol. The predicted octanol–water partition coefficient (Wildman–Crippen LogP) is 5.14. The molecule has 0 unspecified atom stereocenters. The fraction of sp³-hybridized carbons (Fsp3) is 0.636. The van der Waals surface area contributed by atoms with Crippen molar-refractivity contribution in [2.75, 3.05) is 0 Å². The van der Waals surface area contributed by atoms with Crippen LogP contribution in [0.25, 0.3) is 0 Å². The summed E-state index contributed by atoms with van der Waals surface area (Å²) >= 11 is 0. The average Bonchev–Trinajstić information content (AvgIpc) is 2.94. The van der Waals surface area contributed by atoms with E-state index in [0.29, 0.717) is 0 Å². The maximum Gasteiger partial charge on any atom is 0.413 e. The molecule has 1 aromatic rings. The number of benzene rings is 1. The van der Waals surface area contributed by atoms with E-state index in [2.05, 4.69) is 0 Å². The minimum Gasteiger partial charge on any atom is -0.444 e. The molecule has 0 N–H and O–H groups in total. The number of cyclic esters (lactones) is 1. The van der Waals surface area contributed by atoms with Crippen LogP contribution in [0.3, 0.4) is 0 Å². The first-order valence-corrected chi connectivity index (χ1v) is 10.0. The number of rotatable bonds is 4. The summed E-state index contributed by atoms with van der Waals surface area (Å²) in [5, 5.41) is 0. The van der Waals surface area contributed by atoms with Crippen LogP contribution in [0.15, 0.2) is 30.3 Å². The van der Waals surface area contributed by atoms with Gasteiger partial charge in [0, 0.05) is 18.3 Å². The van der Waals surface area contributed by atoms with E-state index in [9.17, 15) is 18.4 Å². The van der Waals surface area contributed by atoms with Crippen LogP contribution in [0.4, 0.5) is 13.6 Å². The van der Waals surface area contributed by atoms with Gasteiger partial charge in [0.2, 0.25) is 5.92 Å². The molecule has 1 aliphatic heterocycles. The molecule has 1 amide bonds. The molecule has 2 aliphatic rings. The third-order valence-corrected chi connectivity index (χ3v) is 5.44. The number of halogens is 2. The quantitative estimate of drug-likeness (QED) is 0.645. The van der Waals surface area contributed by atoms with Gasteiger partial charge in [-0.1, -0.05) is 51.1 Å². The standard InChI is InChI=1S/C22H29F2NO4/c1-21(2,3)19-25(20(27)28-14-16-7-5-4-6-8-16)17(18(26)29-19)13-15-9-11-22(23,24)12-10-15/h4-8,15,17,19H,9-14H2,1-3H3/t17-,19-/m0/s1/i17D. The van der Waals surface area contributed by atoms with Crippen molar-refractivity contribution in [2.45, 2.75) is 77.7 Å². The van der Waals surface area contributed by atoms with Gasteiger partial charge >= 0.3 is 12.1 Å². The highest BCUT2D eigenvalue weighted by Crippen LogP contribution is 2.41. The van der Waals surface area contributed by atoms with Crippen molar-refractivity contribution in [1.82, 2.24) is 4.90 Å². The van der Waals surface area contributed by atoms with Gasteiger partial charge < -0.3 is 9.47 Å². The van der Waals surface area contributed by atoms with Crippen molar-refractivity contribution >= 4 is 12.1 Å². The molecule has 1 saturated heterocycles. The summed E-state index contributed by atoms with van der Waals surface area (Å²) < 4.78 is 46.8. The Hall–Kier alpha value is -2.18. The van der Waals surface area contributed by atoms with E-state index in [4.69, 9.17) is 10.8 Å². The van der Waals surface area contributed by atoms with Gasteiger partial charge in [0.25, 0.3) is 0 Å². The first kappa shape index (κ1) is 20.1. The zero-order valence-corrected chi connectivity index (χ0v) is 17.1. The second kappa shape index (κ2) is 8.28. The third kappa shape index (κ3) is 5.25. The molecule has 1 aromatic carbocycles. The number of carbonyl (C=O) groups excluding carboxylic acids is 2. The molecule has 160 valence electrons. The second-order valence-corrected chi connectivity index (χ2v) is 8.98. The van der Waals surface area contributed by atoms with E-state index in [0.717, 1.165) is 10.5 Å². The van der Waals surface area contributed by atoms with E-state index in [1.807, 2.05) is 18.2 Å². The zero-order chi connectivity index (χ0) is 22.2. The molecule has 0 bridgehead atoms. The van der Waals surface area contributed by atoms with Crippen molar-refractivity contribution in [3.05, 3.63) is 35.9 Å². The Morgan fingerprint density at radius 2 is 1.90 bits per heavy atom. The lowest BCUT2D eigenvalue weighted by molar-refractivity contribution is -0.147. The van der Waals surface area contributed by atoms with E-state index < -0.39 is 35.6 Å². The summed E-state index contributed by atoms with van der Waals surface area (Å²) in [6, 6.07) is 7.08. The summed E-state index contributed by atoms with van der Waals surface area (Å²) in [7, 11) is 0. The summed E-state index contributed by atoms with van der Waals surface area (Å²) in [6.07, 6.45) is -1.98. The summed E-state index contributed by atoms with van der Waals surface area (Å²) in [6.45, 7) is 5.40. The molecule has 29 heavy (non-hydrogen) atoms. The van der Waals surface area contributed by atoms with Crippen LogP contribution < -0.4 is 0 Å². The van der Waals surface area contributed by atoms with Crippen LogP contribution in [-0.4, -0.2) is 35.1 Å². The second-order valence-electron chi connectivity index (χ2n) is 8.98. The predicted molar refractivity (Wildman–Crippen MR) is 103 cm³/mol. The Morgan fingerprint density at radius 3 is 2.48 bits per heavy atom. The summed E-state index contributed by atoms with van der Waals surface area (Å²) in [4.78, 5) is 26.8. The van der Waals surface area contributed by atoms with Gasteiger partial charge in [0.05, 0.1) is 1.37 Å². The molecule has 2 fully saturated rings. The molecular formula is C22H29F2NO4. The highest BCUT2D eigenvalue weighted by atomic mass is 19.3. The highest BCUT2D eigenvalue weighted by molar-refractivity contribution is 5.84. The van der Waals surface area contributed by atoms with Crippen LogP contribution in [0.2, 0.25) is 0 Å². The number of amides is 1. The largest absolute Gasteiger partial charge is 0.444 e. The van der Waals surface area contributed by atoms with E-state index in [-0.39, 0.29) is 44.6 Å². The Balaban J connectivity index is 1.80. The molecule has 0 radical (unpaired) electrons. The lowest BCUT2D eigenvalue weighted by atomic mass is 9.82. The maximum absolute atomic E-state index is 13.5. The van der Waals surface area contributed by atoms with Gasteiger partial charge in [0.1, 0.15) is 12.6 Å². The van der Waals surface area contributed by atoms with Crippen molar-refractivity contribution in [2.24, 2.45) is 11.3 Å². The first-order valence-electron chi connectivity index (χ1n) is 10.5. The molecule has 1 heterocycles. The number of ether oxygens (including phenoxy) is 2. The molecule has 7 heteroatoms. The maximum atomic E-state index is 13.5. The van der Waals surface area contributed by atoms with E-state index in [1.54, 1.807) is 32.9 Å². The van der Waals surface area contributed by atoms with Crippen LogP contribution in [-0.2, 0) is 20.9 Å². The fourth-order valence-electron chi connectivity index (χ4n) is 3.78. The smallest absolute Gasteiger partial charge is 0.413 e. The van der Waals surface area contributed by atoms with E-state index >= 15 is 0 Å². The zero-order valence-electron chi connectivity index (χ0n) is 18.1. The number of hydrogen-bond acceptors (Lipinski definition) is 4. The fourth-order valence-corrected chi connectivity index (χ4v) is 3.78. The van der Waals surface area contributed by atoms with E-state index in [1.165, 1.54) is 0 Å². The van der Waals surface area contributed by atoms with Crippen molar-refractivity contribution in [3.63, 3.8) is 0 Å². The highest BCUT2D eigenvalue weighted by Gasteiger charge is 2.51. The molecule has 2 atom stereocenters. The number of nitrogens with zero attached hydrogens (tertiary/aromatic N) is 1. The topological polar surface area (TPSA) is 55.8 Å². The molecule has 3 rings (SSSR count). The first-order chi connectivity index (χ1) is 13.9. The number of carbonyl (C=O) groups is 2. The Kier molecular flexibility index (Phi) is 5.74. The van der Waals surface area contributed by atoms with Crippen molar-refractivity contribution < 1.29 is 29.2 Å².